The summed E-state index contributed by atoms with van der Waals surface area (Å²) in [5.74, 6) is 0. The quantitative estimate of drug-likeness (QED) is 0.353. The molecule has 50 valence electrons. The Morgan fingerprint density at radius 1 is 1.09 bits per heavy atom. The Morgan fingerprint density at radius 3 is 2.82 bits per heavy atom. The second kappa shape index (κ2) is 1.03. The summed E-state index contributed by atoms with van der Waals surface area (Å²) < 4.78 is 2.31. The van der Waals surface area contributed by atoms with Crippen molar-refractivity contribution >= 4 is 21.8 Å². The Morgan fingerprint density at radius 2 is 1.91 bits per heavy atom. The number of pyridine rings is 1. The van der Waals surface area contributed by atoms with Gasteiger partial charge in [-0.05, 0) is 11.5 Å². The largest absolute Gasteiger partial charge is 0.302 e. The Kier molecular flexibility index (Phi) is 0.413. The molecule has 1 aromatic heterocycles. The summed E-state index contributed by atoms with van der Waals surface area (Å²) >= 11 is 0. The summed E-state index contributed by atoms with van der Waals surface area (Å²) in [4.78, 5) is 0. The van der Waals surface area contributed by atoms with Crippen LogP contribution in [-0.4, -0.2) is 4.57 Å². The highest BCUT2D eigenvalue weighted by Gasteiger charge is 2.36. The molecule has 0 amide bonds. The molecule has 0 saturated heterocycles. The van der Waals surface area contributed by atoms with Gasteiger partial charge in [-0.15, -0.1) is 0 Å². The van der Waals surface area contributed by atoms with Crippen LogP contribution in [0.1, 0.15) is 0 Å². The fourth-order valence-corrected chi connectivity index (χ4v) is 1.90. The van der Waals surface area contributed by atoms with Gasteiger partial charge >= 0.3 is 0 Å². The van der Waals surface area contributed by atoms with E-state index < -0.39 is 0 Å². The van der Waals surface area contributed by atoms with Crippen LogP contribution >= 0.6 is 0 Å². The zero-order valence-electron chi connectivity index (χ0n) is 5.83. The van der Waals surface area contributed by atoms with Gasteiger partial charge in [-0.1, -0.05) is 24.3 Å². The maximum Gasteiger partial charge on any atom is 0.0954 e. The summed E-state index contributed by atoms with van der Waals surface area (Å²) in [7, 11) is 0. The van der Waals surface area contributed by atoms with Crippen LogP contribution < -0.4 is 0 Å². The molecule has 0 N–H and O–H groups in total. The molecule has 11 heavy (non-hydrogen) atoms. The smallest absolute Gasteiger partial charge is 0.0954 e. The Balaban J connectivity index is 2.45. The lowest BCUT2D eigenvalue weighted by Gasteiger charge is -1.93. The second-order valence-corrected chi connectivity index (χ2v) is 3.15. The van der Waals surface area contributed by atoms with Crippen LogP contribution in [0.2, 0.25) is 0 Å². The van der Waals surface area contributed by atoms with Gasteiger partial charge in [0.15, 0.2) is 0 Å². The fourth-order valence-electron chi connectivity index (χ4n) is 1.90. The van der Waals surface area contributed by atoms with E-state index in [2.05, 4.69) is 34.9 Å². The van der Waals surface area contributed by atoms with Gasteiger partial charge in [-0.2, -0.15) is 0 Å². The molecule has 2 aliphatic heterocycles. The molecule has 0 unspecified atom stereocenters. The van der Waals surface area contributed by atoms with E-state index in [1.165, 1.54) is 27.5 Å². The molecule has 0 fully saturated rings. The van der Waals surface area contributed by atoms with Crippen LogP contribution in [0.4, 0.5) is 0 Å². The van der Waals surface area contributed by atoms with Crippen molar-refractivity contribution in [3.05, 3.63) is 30.3 Å². The molecule has 2 aromatic carbocycles. The molecule has 0 spiro atoms. The standard InChI is InChI=1S/C10H5N/c1-2-4-7-6(3-1)5-8-10-9(7)11(8)10/h1-5H. The number of hydrogen-bond donors (Lipinski definition) is 0. The first-order valence-electron chi connectivity index (χ1n) is 3.83. The van der Waals surface area contributed by atoms with Crippen LogP contribution in [0.3, 0.4) is 0 Å². The van der Waals surface area contributed by atoms with Crippen molar-refractivity contribution < 1.29 is 0 Å². The van der Waals surface area contributed by atoms with Gasteiger partial charge in [0.25, 0.3) is 0 Å². The Hall–Kier alpha value is -1.50. The molecule has 0 atom stereocenters. The molecule has 2 bridgehead atoms. The van der Waals surface area contributed by atoms with Crippen LogP contribution in [0.15, 0.2) is 30.3 Å². The highest BCUT2D eigenvalue weighted by molar-refractivity contribution is 6.23. The van der Waals surface area contributed by atoms with Gasteiger partial charge in [-0.3, -0.25) is 0 Å². The van der Waals surface area contributed by atoms with E-state index in [1.54, 1.807) is 0 Å². The molecule has 0 radical (unpaired) electrons. The SMILES string of the molecule is c1ccc2c(c1)cc1c3c2n1-3. The molecular formula is C10H5N. The van der Waals surface area contributed by atoms with Crippen molar-refractivity contribution in [3.8, 4) is 5.69 Å². The topological polar surface area (TPSA) is 4.93 Å². The molecule has 0 aliphatic carbocycles. The van der Waals surface area contributed by atoms with Gasteiger partial charge in [0.1, 0.15) is 0 Å². The fraction of sp³-hybridized carbons (Fsp3) is 0. The second-order valence-electron chi connectivity index (χ2n) is 3.15. The van der Waals surface area contributed by atoms with Crippen molar-refractivity contribution in [3.63, 3.8) is 0 Å². The van der Waals surface area contributed by atoms with Gasteiger partial charge in [0.2, 0.25) is 0 Å². The van der Waals surface area contributed by atoms with Crippen LogP contribution in [-0.2, 0) is 0 Å². The lowest BCUT2D eigenvalue weighted by atomic mass is 10.1. The van der Waals surface area contributed by atoms with Crippen molar-refractivity contribution in [2.24, 2.45) is 0 Å². The van der Waals surface area contributed by atoms with Gasteiger partial charge in [0.05, 0.1) is 16.7 Å². The first kappa shape index (κ1) is 4.39. The number of hydrogen-bond acceptors (Lipinski definition) is 0. The van der Waals surface area contributed by atoms with E-state index >= 15 is 0 Å². The zero-order chi connectivity index (χ0) is 7.00. The van der Waals surface area contributed by atoms with Crippen LogP contribution in [0.5, 0.6) is 0 Å². The third-order valence-corrected chi connectivity index (χ3v) is 2.56. The van der Waals surface area contributed by atoms with E-state index in [1.807, 2.05) is 0 Å². The highest BCUT2D eigenvalue weighted by atomic mass is 15.2. The first-order valence-corrected chi connectivity index (χ1v) is 3.83. The third-order valence-electron chi connectivity index (χ3n) is 2.56. The minimum absolute atomic E-state index is 1.38. The number of rotatable bonds is 0. The van der Waals surface area contributed by atoms with E-state index in [9.17, 15) is 0 Å². The van der Waals surface area contributed by atoms with Crippen molar-refractivity contribution in [2.75, 3.05) is 0 Å². The summed E-state index contributed by atoms with van der Waals surface area (Å²) in [6, 6.07) is 10.8. The van der Waals surface area contributed by atoms with Gasteiger partial charge in [0, 0.05) is 5.39 Å². The van der Waals surface area contributed by atoms with Gasteiger partial charge in [-0.25, -0.2) is 0 Å². The normalized spacial score (nSPS) is 13.5. The molecule has 1 heteroatoms. The summed E-state index contributed by atoms with van der Waals surface area (Å²) in [5, 5.41) is 2.80. The zero-order valence-corrected chi connectivity index (χ0v) is 5.83. The molecular weight excluding hydrogens is 134 g/mol. The van der Waals surface area contributed by atoms with Gasteiger partial charge < -0.3 is 4.57 Å². The van der Waals surface area contributed by atoms with Crippen LogP contribution in [0, 0.1) is 0 Å². The molecule has 1 nitrogen and oxygen atoms in total. The average Bonchev–Trinajstić information content (AvgIpc) is 2.92. The van der Waals surface area contributed by atoms with E-state index in [4.69, 9.17) is 0 Å². The highest BCUT2D eigenvalue weighted by Crippen LogP contribution is 2.53. The lowest BCUT2D eigenvalue weighted by Crippen LogP contribution is -1.70. The first-order chi connectivity index (χ1) is 5.47. The molecule has 0 saturated carbocycles. The van der Waals surface area contributed by atoms with Crippen molar-refractivity contribution in [1.82, 2.24) is 4.57 Å². The molecule has 2 aliphatic rings. The van der Waals surface area contributed by atoms with E-state index in [-0.39, 0.29) is 0 Å². The molecule has 3 heterocycles. The predicted octanol–water partition coefficient (Wildman–Crippen LogP) is 2.53. The lowest BCUT2D eigenvalue weighted by molar-refractivity contribution is 1.53. The molecule has 5 rings (SSSR count). The maximum absolute atomic E-state index is 2.31. The third kappa shape index (κ3) is 0.320. The van der Waals surface area contributed by atoms with E-state index in [0.29, 0.717) is 0 Å². The minimum Gasteiger partial charge on any atom is -0.302 e. The number of benzene rings is 2. The number of aromatic nitrogens is 1. The molecule has 3 aromatic rings. The van der Waals surface area contributed by atoms with Crippen molar-refractivity contribution in [1.29, 1.82) is 0 Å². The van der Waals surface area contributed by atoms with Crippen molar-refractivity contribution in [2.45, 2.75) is 0 Å². The Bertz CT molecular complexity index is 553. The monoisotopic (exact) mass is 139 g/mol. The number of nitrogens with zero attached hydrogens (tertiary/aromatic N) is 1. The predicted molar refractivity (Wildman–Crippen MR) is 45.5 cm³/mol. The minimum atomic E-state index is 1.38. The van der Waals surface area contributed by atoms with Crippen LogP contribution in [0.25, 0.3) is 27.5 Å². The summed E-state index contributed by atoms with van der Waals surface area (Å²) in [6.07, 6.45) is 0. The average molecular weight is 139 g/mol. The summed E-state index contributed by atoms with van der Waals surface area (Å²) in [6.45, 7) is 0. The van der Waals surface area contributed by atoms with E-state index in [0.717, 1.165) is 0 Å². The summed E-state index contributed by atoms with van der Waals surface area (Å²) in [5.41, 5.74) is 4.40. The Labute approximate surface area is 63.2 Å². The maximum atomic E-state index is 2.31.